The van der Waals surface area contributed by atoms with E-state index < -0.39 is 48.4 Å². The van der Waals surface area contributed by atoms with E-state index in [4.69, 9.17) is 18.9 Å². The molecule has 1 saturated heterocycles. The summed E-state index contributed by atoms with van der Waals surface area (Å²) in [5.41, 5.74) is 3.14. The highest BCUT2D eigenvalue weighted by molar-refractivity contribution is 5.84. The molecule has 11 heteroatoms. The van der Waals surface area contributed by atoms with E-state index in [2.05, 4.69) is 10.6 Å². The quantitative estimate of drug-likeness (QED) is 0.157. The lowest BCUT2D eigenvalue weighted by atomic mass is 9.99. The topological polar surface area (TPSA) is 156 Å². The molecule has 8 atom stereocenters. The number of benzene rings is 3. The van der Waals surface area contributed by atoms with Gasteiger partial charge in [-0.2, -0.15) is 0 Å². The highest BCUT2D eigenvalue weighted by Gasteiger charge is 2.43. The first-order chi connectivity index (χ1) is 22.8. The third-order valence-electron chi connectivity index (χ3n) is 8.47. The highest BCUT2D eigenvalue weighted by atomic mass is 16.5. The minimum absolute atomic E-state index is 0.0381. The summed E-state index contributed by atoms with van der Waals surface area (Å²) in [7, 11) is 0. The normalized spacial score (nSPS) is 23.0. The van der Waals surface area contributed by atoms with E-state index >= 15 is 0 Å². The second-order valence-electron chi connectivity index (χ2n) is 11.9. The predicted molar refractivity (Wildman–Crippen MR) is 172 cm³/mol. The lowest BCUT2D eigenvalue weighted by molar-refractivity contribution is -0.171. The Morgan fingerprint density at radius 2 is 1.38 bits per heavy atom. The van der Waals surface area contributed by atoms with E-state index in [0.717, 1.165) is 22.3 Å². The Morgan fingerprint density at radius 3 is 1.98 bits per heavy atom. The van der Waals surface area contributed by atoms with Gasteiger partial charge in [0, 0.05) is 13.0 Å². The van der Waals surface area contributed by atoms with Crippen LogP contribution >= 0.6 is 0 Å². The molecule has 2 amide bonds. The largest absolute Gasteiger partial charge is 0.390 e. The average Bonchev–Trinajstić information content (AvgIpc) is 3.67. The summed E-state index contributed by atoms with van der Waals surface area (Å²) in [5.74, 6) is -1.42. The molecule has 0 bridgehead atoms. The van der Waals surface area contributed by atoms with E-state index in [0.29, 0.717) is 26.1 Å². The smallest absolute Gasteiger partial charge is 0.252 e. The van der Waals surface area contributed by atoms with Gasteiger partial charge in [-0.1, -0.05) is 84.9 Å². The van der Waals surface area contributed by atoms with E-state index in [9.17, 15) is 24.9 Å². The molecule has 2 aliphatic rings. The maximum Gasteiger partial charge on any atom is 0.252 e. The summed E-state index contributed by atoms with van der Waals surface area (Å²) in [5, 5.41) is 39.6. The third-order valence-corrected chi connectivity index (χ3v) is 8.47. The van der Waals surface area contributed by atoms with Crippen LogP contribution in [0.15, 0.2) is 84.9 Å². The van der Waals surface area contributed by atoms with Crippen molar-refractivity contribution < 1.29 is 43.9 Å². The fourth-order valence-electron chi connectivity index (χ4n) is 5.98. The summed E-state index contributed by atoms with van der Waals surface area (Å²) < 4.78 is 23.1. The molecule has 0 spiro atoms. The monoisotopic (exact) mass is 648 g/mol. The lowest BCUT2D eigenvalue weighted by Gasteiger charge is -2.32. The molecule has 1 fully saturated rings. The minimum atomic E-state index is -1.88. The average molecular weight is 649 g/mol. The molecule has 1 unspecified atom stereocenters. The molecule has 0 radical (unpaired) electrons. The van der Waals surface area contributed by atoms with Gasteiger partial charge in [0.15, 0.2) is 12.2 Å². The van der Waals surface area contributed by atoms with E-state index in [-0.39, 0.29) is 32.0 Å². The number of aliphatic hydroxyl groups excluding tert-OH is 3. The first-order valence-corrected chi connectivity index (χ1v) is 16.1. The van der Waals surface area contributed by atoms with Gasteiger partial charge < -0.3 is 44.9 Å². The number of ether oxygens (including phenoxy) is 4. The first kappa shape index (κ1) is 34.6. The number of carbonyl (C=O) groups is 2. The van der Waals surface area contributed by atoms with Crippen molar-refractivity contribution in [3.63, 3.8) is 0 Å². The lowest BCUT2D eigenvalue weighted by Crippen LogP contribution is -2.57. The van der Waals surface area contributed by atoms with Crippen LogP contribution in [-0.4, -0.2) is 89.6 Å². The van der Waals surface area contributed by atoms with Crippen molar-refractivity contribution in [1.82, 2.24) is 10.6 Å². The molecule has 1 aliphatic heterocycles. The summed E-state index contributed by atoms with van der Waals surface area (Å²) in [6.45, 7) is 2.99. The molecular weight excluding hydrogens is 604 g/mol. The number of rotatable bonds is 16. The van der Waals surface area contributed by atoms with Crippen molar-refractivity contribution in [3.8, 4) is 0 Å². The molecule has 5 N–H and O–H groups in total. The van der Waals surface area contributed by atoms with Crippen LogP contribution in [0.25, 0.3) is 0 Å². The highest BCUT2D eigenvalue weighted by Crippen LogP contribution is 2.31. The fourth-order valence-corrected chi connectivity index (χ4v) is 5.98. The molecule has 1 aliphatic carbocycles. The zero-order valence-corrected chi connectivity index (χ0v) is 26.4. The number of amides is 2. The van der Waals surface area contributed by atoms with Crippen LogP contribution in [0, 0.1) is 0 Å². The number of hydrogen-bond acceptors (Lipinski definition) is 9. The Bertz CT molecular complexity index is 1430. The number of nitrogens with one attached hydrogen (secondary N) is 2. The Hall–Kier alpha value is -3.68. The van der Waals surface area contributed by atoms with Gasteiger partial charge in [0.25, 0.3) is 11.8 Å². The standard InChI is InChI=1S/C36H44N2O9/c1-2-44-22-27-18-26(21-45-27)37-35(42)33(46-19-23-11-5-3-6-12-23)31(40)32(41)34(47-20-24-13-7-4-8-14-24)36(43)38-30-28-16-10-9-15-25(28)17-29(30)39/h3-16,26-27,29-34,39-41H,2,17-22H2,1H3,(H,37,42)(H,38,43)/t26?,27-,29+,30-,31+,32+,33+,34+/m0/s1. The summed E-state index contributed by atoms with van der Waals surface area (Å²) in [6, 6.07) is 24.5. The second-order valence-corrected chi connectivity index (χ2v) is 11.9. The van der Waals surface area contributed by atoms with Gasteiger partial charge in [0.05, 0.1) is 50.7 Å². The molecule has 3 aromatic carbocycles. The van der Waals surface area contributed by atoms with E-state index in [1.54, 1.807) is 12.1 Å². The van der Waals surface area contributed by atoms with Gasteiger partial charge in [-0.3, -0.25) is 9.59 Å². The SMILES string of the molecule is CCOC[C@@H]1CC(NC(=O)[C@H](OCc2ccccc2)[C@H](O)[C@@H](O)[C@@H](OCc2ccccc2)C(=O)N[C@H]2c3ccccc3C[C@H]2O)CO1. The van der Waals surface area contributed by atoms with Gasteiger partial charge in [-0.15, -0.1) is 0 Å². The summed E-state index contributed by atoms with van der Waals surface area (Å²) in [4.78, 5) is 27.5. The van der Waals surface area contributed by atoms with Crippen LogP contribution in [0.5, 0.6) is 0 Å². The zero-order chi connectivity index (χ0) is 33.2. The van der Waals surface area contributed by atoms with Crippen molar-refractivity contribution in [2.75, 3.05) is 19.8 Å². The van der Waals surface area contributed by atoms with Gasteiger partial charge in [0.2, 0.25) is 0 Å². The maximum absolute atomic E-state index is 13.8. The molecule has 3 aromatic rings. The molecule has 11 nitrogen and oxygen atoms in total. The summed E-state index contributed by atoms with van der Waals surface area (Å²) in [6.07, 6.45) is -7.15. The molecular formula is C36H44N2O9. The van der Waals surface area contributed by atoms with Crippen molar-refractivity contribution in [3.05, 3.63) is 107 Å². The van der Waals surface area contributed by atoms with Crippen LogP contribution in [0.1, 0.15) is 41.6 Å². The van der Waals surface area contributed by atoms with Crippen molar-refractivity contribution in [2.45, 2.75) is 81.7 Å². The first-order valence-electron chi connectivity index (χ1n) is 16.1. The Morgan fingerprint density at radius 1 is 0.830 bits per heavy atom. The Kier molecular flexibility index (Phi) is 12.5. The number of hydrogen-bond donors (Lipinski definition) is 5. The Labute approximate surface area is 274 Å². The van der Waals surface area contributed by atoms with Gasteiger partial charge in [0.1, 0.15) is 12.2 Å². The molecule has 47 heavy (non-hydrogen) atoms. The minimum Gasteiger partial charge on any atom is -0.390 e. The fraction of sp³-hybridized carbons (Fsp3) is 0.444. The third kappa shape index (κ3) is 9.23. The molecule has 1 heterocycles. The number of carbonyl (C=O) groups excluding carboxylic acids is 2. The zero-order valence-electron chi connectivity index (χ0n) is 26.4. The molecule has 0 aromatic heterocycles. The van der Waals surface area contributed by atoms with Gasteiger partial charge in [-0.05, 0) is 35.6 Å². The van der Waals surface area contributed by atoms with E-state index in [1.165, 1.54) is 0 Å². The van der Waals surface area contributed by atoms with Crippen molar-refractivity contribution in [1.29, 1.82) is 0 Å². The predicted octanol–water partition coefficient (Wildman–Crippen LogP) is 1.96. The molecule has 5 rings (SSSR count). The van der Waals surface area contributed by atoms with Crippen molar-refractivity contribution >= 4 is 11.8 Å². The molecule has 252 valence electrons. The van der Waals surface area contributed by atoms with E-state index in [1.807, 2.05) is 79.7 Å². The second kappa shape index (κ2) is 16.9. The van der Waals surface area contributed by atoms with Crippen LogP contribution in [-0.2, 0) is 48.2 Å². The van der Waals surface area contributed by atoms with Gasteiger partial charge >= 0.3 is 0 Å². The number of fused-ring (bicyclic) bond motifs is 1. The van der Waals surface area contributed by atoms with Crippen molar-refractivity contribution in [2.24, 2.45) is 0 Å². The molecule has 0 saturated carbocycles. The summed E-state index contributed by atoms with van der Waals surface area (Å²) >= 11 is 0. The van der Waals surface area contributed by atoms with Gasteiger partial charge in [-0.25, -0.2) is 0 Å². The van der Waals surface area contributed by atoms with Crippen LogP contribution < -0.4 is 10.6 Å². The van der Waals surface area contributed by atoms with Crippen LogP contribution in [0.2, 0.25) is 0 Å². The van der Waals surface area contributed by atoms with Crippen LogP contribution in [0.3, 0.4) is 0 Å². The Balaban J connectivity index is 1.34. The maximum atomic E-state index is 13.8. The number of aliphatic hydroxyl groups is 3. The van der Waals surface area contributed by atoms with Crippen LogP contribution in [0.4, 0.5) is 0 Å².